The van der Waals surface area contributed by atoms with Gasteiger partial charge >= 0.3 is 0 Å². The smallest absolute Gasteiger partial charge is 0.120 e. The molecule has 1 N–H and O–H groups in total. The Labute approximate surface area is 122 Å². The summed E-state index contributed by atoms with van der Waals surface area (Å²) in [5.74, 6) is 1.96. The molecule has 2 nitrogen and oxygen atoms in total. The highest BCUT2D eigenvalue weighted by Gasteiger charge is 2.24. The van der Waals surface area contributed by atoms with Gasteiger partial charge in [0.1, 0.15) is 5.75 Å². The van der Waals surface area contributed by atoms with Crippen LogP contribution in [0.2, 0.25) is 0 Å². The van der Waals surface area contributed by atoms with Crippen molar-refractivity contribution in [3.8, 4) is 5.75 Å². The Hall–Kier alpha value is -1.02. The topological polar surface area (TPSA) is 21.3 Å². The lowest BCUT2D eigenvalue weighted by molar-refractivity contribution is 0.302. The lowest BCUT2D eigenvalue weighted by Gasteiger charge is -2.22. The molecule has 2 saturated carbocycles. The molecule has 0 amide bonds. The standard InChI is InChI=1S/C18H27NO/c1-2-19-18(12-14-6-3-4-7-14)15-8-5-9-17(13-15)20-16-10-11-16/h5,8-9,13-14,16,18-19H,2-4,6-7,10-12H2,1H3. The minimum absolute atomic E-state index is 0.484. The zero-order chi connectivity index (χ0) is 13.8. The molecule has 20 heavy (non-hydrogen) atoms. The number of ether oxygens (including phenoxy) is 1. The summed E-state index contributed by atoms with van der Waals surface area (Å²) < 4.78 is 5.94. The fourth-order valence-corrected chi connectivity index (χ4v) is 3.35. The van der Waals surface area contributed by atoms with Gasteiger partial charge in [-0.15, -0.1) is 0 Å². The van der Waals surface area contributed by atoms with E-state index in [-0.39, 0.29) is 0 Å². The van der Waals surface area contributed by atoms with Crippen molar-refractivity contribution in [3.05, 3.63) is 29.8 Å². The molecule has 0 spiro atoms. The third-order valence-corrected chi connectivity index (χ3v) is 4.58. The summed E-state index contributed by atoms with van der Waals surface area (Å²) in [6.45, 7) is 3.23. The maximum Gasteiger partial charge on any atom is 0.120 e. The Kier molecular flexibility index (Phi) is 4.62. The van der Waals surface area contributed by atoms with E-state index in [1.807, 2.05) is 0 Å². The average molecular weight is 273 g/mol. The average Bonchev–Trinajstić information content (AvgIpc) is 3.12. The molecular formula is C18H27NO. The highest BCUT2D eigenvalue weighted by molar-refractivity contribution is 5.31. The summed E-state index contributed by atoms with van der Waals surface area (Å²) >= 11 is 0. The Morgan fingerprint density at radius 3 is 2.70 bits per heavy atom. The maximum absolute atomic E-state index is 5.94. The fraction of sp³-hybridized carbons (Fsp3) is 0.667. The summed E-state index contributed by atoms with van der Waals surface area (Å²) in [5, 5.41) is 3.67. The second kappa shape index (κ2) is 6.62. The van der Waals surface area contributed by atoms with Gasteiger partial charge in [0.05, 0.1) is 6.10 Å². The van der Waals surface area contributed by atoms with E-state index < -0.39 is 0 Å². The summed E-state index contributed by atoms with van der Waals surface area (Å²) in [6.07, 6.45) is 9.90. The van der Waals surface area contributed by atoms with Gasteiger partial charge in [0.25, 0.3) is 0 Å². The molecule has 2 fully saturated rings. The van der Waals surface area contributed by atoms with Gasteiger partial charge in [0, 0.05) is 6.04 Å². The summed E-state index contributed by atoms with van der Waals surface area (Å²) in [5.41, 5.74) is 1.40. The van der Waals surface area contributed by atoms with Gasteiger partial charge in [0.15, 0.2) is 0 Å². The normalized spacial score (nSPS) is 21.1. The number of nitrogens with one attached hydrogen (secondary N) is 1. The van der Waals surface area contributed by atoms with Crippen molar-refractivity contribution in [2.45, 2.75) is 64.0 Å². The Balaban J connectivity index is 1.67. The molecule has 0 aromatic heterocycles. The summed E-state index contributed by atoms with van der Waals surface area (Å²) in [7, 11) is 0. The van der Waals surface area contributed by atoms with Crippen molar-refractivity contribution in [1.82, 2.24) is 5.32 Å². The van der Waals surface area contributed by atoms with E-state index in [2.05, 4.69) is 36.5 Å². The van der Waals surface area contributed by atoms with E-state index in [1.165, 1.54) is 50.5 Å². The maximum atomic E-state index is 5.94. The quantitative estimate of drug-likeness (QED) is 0.792. The van der Waals surface area contributed by atoms with E-state index in [0.29, 0.717) is 12.1 Å². The first kappa shape index (κ1) is 13.9. The lowest BCUT2D eigenvalue weighted by Crippen LogP contribution is -2.23. The number of rotatable bonds is 7. The van der Waals surface area contributed by atoms with E-state index >= 15 is 0 Å². The van der Waals surface area contributed by atoms with Gasteiger partial charge in [0.2, 0.25) is 0 Å². The molecular weight excluding hydrogens is 246 g/mol. The molecule has 1 aromatic carbocycles. The molecule has 0 aliphatic heterocycles. The van der Waals surface area contributed by atoms with Gasteiger partial charge in [-0.2, -0.15) is 0 Å². The van der Waals surface area contributed by atoms with Crippen LogP contribution in [0.15, 0.2) is 24.3 Å². The number of hydrogen-bond donors (Lipinski definition) is 1. The molecule has 0 saturated heterocycles. The van der Waals surface area contributed by atoms with Crippen molar-refractivity contribution in [3.63, 3.8) is 0 Å². The summed E-state index contributed by atoms with van der Waals surface area (Å²) in [6, 6.07) is 9.24. The Morgan fingerprint density at radius 2 is 2.00 bits per heavy atom. The Bertz CT molecular complexity index is 421. The van der Waals surface area contributed by atoms with E-state index in [1.54, 1.807) is 0 Å². The van der Waals surface area contributed by atoms with E-state index in [0.717, 1.165) is 18.2 Å². The van der Waals surface area contributed by atoms with Gasteiger partial charge < -0.3 is 10.1 Å². The first-order chi connectivity index (χ1) is 9.85. The van der Waals surface area contributed by atoms with Gasteiger partial charge in [-0.05, 0) is 49.4 Å². The van der Waals surface area contributed by atoms with Crippen molar-refractivity contribution in [2.24, 2.45) is 5.92 Å². The molecule has 1 unspecified atom stereocenters. The highest BCUT2D eigenvalue weighted by atomic mass is 16.5. The highest BCUT2D eigenvalue weighted by Crippen LogP contribution is 2.34. The van der Waals surface area contributed by atoms with Crippen LogP contribution in [0.5, 0.6) is 5.75 Å². The second-order valence-electron chi connectivity index (χ2n) is 6.39. The van der Waals surface area contributed by atoms with Crippen LogP contribution in [0.3, 0.4) is 0 Å². The molecule has 2 aliphatic rings. The van der Waals surface area contributed by atoms with Crippen LogP contribution in [0.25, 0.3) is 0 Å². The molecule has 1 atom stereocenters. The molecule has 0 bridgehead atoms. The van der Waals surface area contributed by atoms with Crippen LogP contribution >= 0.6 is 0 Å². The fourth-order valence-electron chi connectivity index (χ4n) is 3.35. The molecule has 0 heterocycles. The minimum atomic E-state index is 0.484. The van der Waals surface area contributed by atoms with Crippen LogP contribution in [0, 0.1) is 5.92 Å². The second-order valence-corrected chi connectivity index (χ2v) is 6.39. The SMILES string of the molecule is CCNC(CC1CCCC1)c1cccc(OC2CC2)c1. The van der Waals surface area contributed by atoms with Crippen molar-refractivity contribution >= 4 is 0 Å². The lowest BCUT2D eigenvalue weighted by atomic mass is 9.93. The van der Waals surface area contributed by atoms with Gasteiger partial charge in [-0.3, -0.25) is 0 Å². The number of benzene rings is 1. The molecule has 110 valence electrons. The largest absolute Gasteiger partial charge is 0.490 e. The van der Waals surface area contributed by atoms with Crippen LogP contribution in [-0.2, 0) is 0 Å². The van der Waals surface area contributed by atoms with Crippen molar-refractivity contribution in [1.29, 1.82) is 0 Å². The van der Waals surface area contributed by atoms with Crippen LogP contribution in [-0.4, -0.2) is 12.6 Å². The monoisotopic (exact) mass is 273 g/mol. The molecule has 1 aromatic rings. The number of hydrogen-bond acceptors (Lipinski definition) is 2. The zero-order valence-corrected chi connectivity index (χ0v) is 12.6. The summed E-state index contributed by atoms with van der Waals surface area (Å²) in [4.78, 5) is 0. The van der Waals surface area contributed by atoms with E-state index in [4.69, 9.17) is 4.74 Å². The first-order valence-corrected chi connectivity index (χ1v) is 8.35. The van der Waals surface area contributed by atoms with Gasteiger partial charge in [-0.1, -0.05) is 44.7 Å². The van der Waals surface area contributed by atoms with Crippen molar-refractivity contribution < 1.29 is 4.74 Å². The molecule has 0 radical (unpaired) electrons. The predicted molar refractivity (Wildman–Crippen MR) is 83.1 cm³/mol. The third-order valence-electron chi connectivity index (χ3n) is 4.58. The van der Waals surface area contributed by atoms with Gasteiger partial charge in [-0.25, -0.2) is 0 Å². The Morgan fingerprint density at radius 1 is 1.20 bits per heavy atom. The minimum Gasteiger partial charge on any atom is -0.490 e. The molecule has 3 rings (SSSR count). The first-order valence-electron chi connectivity index (χ1n) is 8.35. The predicted octanol–water partition coefficient (Wildman–Crippen LogP) is 4.46. The zero-order valence-electron chi connectivity index (χ0n) is 12.6. The van der Waals surface area contributed by atoms with E-state index in [9.17, 15) is 0 Å². The molecule has 2 aliphatic carbocycles. The van der Waals surface area contributed by atoms with Crippen LogP contribution < -0.4 is 10.1 Å². The van der Waals surface area contributed by atoms with Crippen LogP contribution in [0.1, 0.15) is 63.5 Å². The van der Waals surface area contributed by atoms with Crippen molar-refractivity contribution in [2.75, 3.05) is 6.54 Å². The van der Waals surface area contributed by atoms with Crippen LogP contribution in [0.4, 0.5) is 0 Å². The molecule has 2 heteroatoms. The third kappa shape index (κ3) is 3.76.